The predicted molar refractivity (Wildman–Crippen MR) is 77.5 cm³/mol. The van der Waals surface area contributed by atoms with E-state index in [1.165, 1.54) is 24.3 Å². The Balaban J connectivity index is 2.75. The minimum Gasteiger partial charge on any atom is -0.478 e. The number of unbranched alkanes of at least 4 members (excludes halogenated alkanes) is 1. The van der Waals surface area contributed by atoms with Crippen molar-refractivity contribution in [2.45, 2.75) is 31.9 Å². The minimum atomic E-state index is -2.48. The van der Waals surface area contributed by atoms with Crippen molar-refractivity contribution in [2.24, 2.45) is 0 Å². The quantitative estimate of drug-likeness (QED) is 0.379. The van der Waals surface area contributed by atoms with Gasteiger partial charge in [-0.15, -0.1) is 0 Å². The summed E-state index contributed by atoms with van der Waals surface area (Å²) in [6.45, 7) is 2.06. The maximum absolute atomic E-state index is 11.5. The van der Waals surface area contributed by atoms with Crippen LogP contribution < -0.4 is 5.32 Å². The van der Waals surface area contributed by atoms with E-state index in [0.29, 0.717) is 23.8 Å². The Labute approximate surface area is 127 Å². The number of nitrogens with one attached hydrogen (secondary N) is 1. The molecule has 0 aliphatic rings. The number of carboxylic acid groups (broad SMARTS) is 1. The van der Waals surface area contributed by atoms with E-state index in [1.807, 2.05) is 12.2 Å². The van der Waals surface area contributed by atoms with Crippen molar-refractivity contribution in [1.29, 1.82) is 0 Å². The summed E-state index contributed by atoms with van der Waals surface area (Å²) >= 11 is 0. The fraction of sp³-hybridized carbons (Fsp3) is 0.400. The molecule has 1 unspecified atom stereocenters. The van der Waals surface area contributed by atoms with E-state index >= 15 is 0 Å². The van der Waals surface area contributed by atoms with E-state index < -0.39 is 17.8 Å². The van der Waals surface area contributed by atoms with E-state index in [-0.39, 0.29) is 13.0 Å². The lowest BCUT2D eigenvalue weighted by Gasteiger charge is -2.24. The number of aldehydes is 1. The molecule has 0 spiro atoms. The largest absolute Gasteiger partial charge is 0.478 e. The Morgan fingerprint density at radius 3 is 2.45 bits per heavy atom. The van der Waals surface area contributed by atoms with Gasteiger partial charge >= 0.3 is 12.1 Å². The van der Waals surface area contributed by atoms with Crippen LogP contribution in [0.2, 0.25) is 0 Å². The number of aliphatic hydroxyl groups is 1. The van der Waals surface area contributed by atoms with Gasteiger partial charge in [0, 0.05) is 12.0 Å². The van der Waals surface area contributed by atoms with Gasteiger partial charge in [0.2, 0.25) is 5.72 Å². The lowest BCUT2D eigenvalue weighted by atomic mass is 10.0. The van der Waals surface area contributed by atoms with Gasteiger partial charge in [-0.3, -0.25) is 10.1 Å². The summed E-state index contributed by atoms with van der Waals surface area (Å²) in [6.07, 6.45) is 0.759. The first-order valence-corrected chi connectivity index (χ1v) is 6.86. The molecule has 7 heteroatoms. The predicted octanol–water partition coefficient (Wildman–Crippen LogP) is 1.34. The standard InChI is InChI=1S/C15H19NO6/c1-2-3-8-22-14(20)16-15(21,13(18)19)9-11-4-6-12(10-17)7-5-11/h4-7,10,21H,2-3,8-9H2,1H3,(H,16,20)(H,18,19). The van der Waals surface area contributed by atoms with Crippen LogP contribution in [0, 0.1) is 0 Å². The molecule has 3 N–H and O–H groups in total. The molecule has 1 atom stereocenters. The number of carbonyl (C=O) groups is 3. The molecular weight excluding hydrogens is 290 g/mol. The molecule has 1 aromatic rings. The molecule has 0 saturated heterocycles. The third kappa shape index (κ3) is 5.17. The molecule has 120 valence electrons. The molecule has 0 bridgehead atoms. The number of hydrogen-bond acceptors (Lipinski definition) is 5. The van der Waals surface area contributed by atoms with Crippen LogP contribution in [0.1, 0.15) is 35.7 Å². The van der Waals surface area contributed by atoms with Crippen LogP contribution in [0.4, 0.5) is 4.79 Å². The van der Waals surface area contributed by atoms with Crippen molar-refractivity contribution in [3.05, 3.63) is 35.4 Å². The third-order valence-electron chi connectivity index (χ3n) is 2.97. The van der Waals surface area contributed by atoms with Gasteiger partial charge in [0.05, 0.1) is 6.61 Å². The zero-order valence-electron chi connectivity index (χ0n) is 12.2. The lowest BCUT2D eigenvalue weighted by Crippen LogP contribution is -2.56. The first-order chi connectivity index (χ1) is 10.4. The van der Waals surface area contributed by atoms with Crippen LogP contribution >= 0.6 is 0 Å². The highest BCUT2D eigenvalue weighted by Gasteiger charge is 2.38. The number of ether oxygens (including phenoxy) is 1. The number of carboxylic acids is 1. The summed E-state index contributed by atoms with van der Waals surface area (Å²) in [5.74, 6) is -1.60. The molecule has 1 rings (SSSR count). The van der Waals surface area contributed by atoms with Gasteiger partial charge in [0.1, 0.15) is 6.29 Å². The van der Waals surface area contributed by atoms with Crippen molar-refractivity contribution in [1.82, 2.24) is 5.32 Å². The topological polar surface area (TPSA) is 113 Å². The summed E-state index contributed by atoms with van der Waals surface area (Å²) in [5.41, 5.74) is -1.61. The van der Waals surface area contributed by atoms with Gasteiger partial charge in [-0.05, 0) is 12.0 Å². The number of hydrogen-bond donors (Lipinski definition) is 3. The number of amides is 1. The van der Waals surface area contributed by atoms with Gasteiger partial charge < -0.3 is 14.9 Å². The van der Waals surface area contributed by atoms with E-state index in [0.717, 1.165) is 6.42 Å². The number of benzene rings is 1. The Morgan fingerprint density at radius 2 is 1.95 bits per heavy atom. The second-order valence-electron chi connectivity index (χ2n) is 4.82. The normalized spacial score (nSPS) is 13.0. The second-order valence-corrected chi connectivity index (χ2v) is 4.82. The van der Waals surface area contributed by atoms with Gasteiger partial charge in [0.15, 0.2) is 0 Å². The zero-order valence-corrected chi connectivity index (χ0v) is 12.2. The van der Waals surface area contributed by atoms with Gasteiger partial charge in [-0.25, -0.2) is 9.59 Å². The summed E-state index contributed by atoms with van der Waals surface area (Å²) < 4.78 is 4.78. The van der Waals surface area contributed by atoms with Crippen molar-refractivity contribution in [3.8, 4) is 0 Å². The maximum Gasteiger partial charge on any atom is 0.409 e. The molecule has 1 amide bonds. The fourth-order valence-electron chi connectivity index (χ4n) is 1.70. The van der Waals surface area contributed by atoms with Crippen LogP contribution in [0.15, 0.2) is 24.3 Å². The van der Waals surface area contributed by atoms with Crippen LogP contribution in [0.3, 0.4) is 0 Å². The van der Waals surface area contributed by atoms with Crippen molar-refractivity contribution < 1.29 is 29.3 Å². The highest BCUT2D eigenvalue weighted by Crippen LogP contribution is 2.13. The molecule has 0 saturated carbocycles. The zero-order chi connectivity index (χ0) is 16.6. The van der Waals surface area contributed by atoms with Gasteiger partial charge in [0.25, 0.3) is 0 Å². The molecule has 0 heterocycles. The van der Waals surface area contributed by atoms with Crippen molar-refractivity contribution in [2.75, 3.05) is 6.61 Å². The van der Waals surface area contributed by atoms with E-state index in [9.17, 15) is 19.5 Å². The average molecular weight is 309 g/mol. The molecule has 7 nitrogen and oxygen atoms in total. The van der Waals surface area contributed by atoms with Crippen LogP contribution in [0.25, 0.3) is 0 Å². The van der Waals surface area contributed by atoms with Crippen LogP contribution in [0.5, 0.6) is 0 Å². The fourth-order valence-corrected chi connectivity index (χ4v) is 1.70. The summed E-state index contributed by atoms with van der Waals surface area (Å²) in [4.78, 5) is 33.3. The van der Waals surface area contributed by atoms with Gasteiger partial charge in [-0.2, -0.15) is 0 Å². The minimum absolute atomic E-state index is 0.145. The Hall–Kier alpha value is -2.41. The third-order valence-corrected chi connectivity index (χ3v) is 2.97. The molecule has 0 aliphatic carbocycles. The maximum atomic E-state index is 11.5. The highest BCUT2D eigenvalue weighted by atomic mass is 16.6. The Bertz CT molecular complexity index is 527. The van der Waals surface area contributed by atoms with Crippen LogP contribution in [-0.2, 0) is 16.0 Å². The summed E-state index contributed by atoms with van der Waals surface area (Å²) in [7, 11) is 0. The van der Waals surface area contributed by atoms with E-state index in [4.69, 9.17) is 9.84 Å². The monoisotopic (exact) mass is 309 g/mol. The lowest BCUT2D eigenvalue weighted by molar-refractivity contribution is -0.161. The van der Waals surface area contributed by atoms with Gasteiger partial charge in [-0.1, -0.05) is 37.6 Å². The average Bonchev–Trinajstić information content (AvgIpc) is 2.48. The molecule has 0 radical (unpaired) electrons. The molecular formula is C15H19NO6. The molecule has 0 fully saturated rings. The first kappa shape index (κ1) is 17.6. The molecule has 0 aromatic heterocycles. The van der Waals surface area contributed by atoms with Crippen molar-refractivity contribution >= 4 is 18.3 Å². The first-order valence-electron chi connectivity index (χ1n) is 6.86. The SMILES string of the molecule is CCCCOC(=O)NC(O)(Cc1ccc(C=O)cc1)C(=O)O. The van der Waals surface area contributed by atoms with Crippen LogP contribution in [-0.4, -0.2) is 40.9 Å². The molecule has 1 aromatic carbocycles. The number of aliphatic carboxylic acids is 1. The smallest absolute Gasteiger partial charge is 0.409 e. The highest BCUT2D eigenvalue weighted by molar-refractivity contribution is 5.83. The second kappa shape index (κ2) is 8.14. The number of rotatable bonds is 8. The Morgan fingerprint density at radius 1 is 1.32 bits per heavy atom. The molecule has 22 heavy (non-hydrogen) atoms. The summed E-state index contributed by atoms with van der Waals surface area (Å²) in [6, 6.07) is 5.98. The summed E-state index contributed by atoms with van der Waals surface area (Å²) in [5, 5.41) is 21.2. The van der Waals surface area contributed by atoms with E-state index in [1.54, 1.807) is 0 Å². The number of alkyl carbamates (subject to hydrolysis) is 1. The van der Waals surface area contributed by atoms with E-state index in [2.05, 4.69) is 0 Å². The Kier molecular flexibility index (Phi) is 6.52. The number of carbonyl (C=O) groups excluding carboxylic acids is 2. The van der Waals surface area contributed by atoms with Crippen molar-refractivity contribution in [3.63, 3.8) is 0 Å². The molecule has 0 aliphatic heterocycles.